The molecule has 5 nitrogen and oxygen atoms in total. The van der Waals surface area contributed by atoms with Gasteiger partial charge in [-0.2, -0.15) is 4.98 Å². The quantitative estimate of drug-likeness (QED) is 0.911. The van der Waals surface area contributed by atoms with E-state index < -0.39 is 11.8 Å². The highest BCUT2D eigenvalue weighted by Crippen LogP contribution is 2.28. The molecule has 0 aliphatic rings. The number of benzene rings is 1. The van der Waals surface area contributed by atoms with Gasteiger partial charge in [0.05, 0.1) is 5.69 Å². The van der Waals surface area contributed by atoms with Gasteiger partial charge in [-0.15, -0.1) is 0 Å². The largest absolute Gasteiger partial charge is 0.476 e. The molecule has 0 radical (unpaired) electrons. The summed E-state index contributed by atoms with van der Waals surface area (Å²) in [7, 11) is 0. The van der Waals surface area contributed by atoms with Crippen LogP contribution in [0.1, 0.15) is 10.5 Å². The summed E-state index contributed by atoms with van der Waals surface area (Å²) < 4.78 is 18.8. The summed E-state index contributed by atoms with van der Waals surface area (Å²) >= 11 is 3.15. The predicted octanol–water partition coefficient (Wildman–Crippen LogP) is 3.02. The zero-order chi connectivity index (χ0) is 12.4. The molecule has 0 aliphatic carbocycles. The van der Waals surface area contributed by atoms with Gasteiger partial charge in [0.15, 0.2) is 5.69 Å². The number of carboxylic acid groups (broad SMARTS) is 1. The Kier molecular flexibility index (Phi) is 3.10. The molecule has 0 bridgehead atoms. The normalized spacial score (nSPS) is 10.2. The van der Waals surface area contributed by atoms with E-state index in [4.69, 9.17) is 9.52 Å². The molecule has 88 valence electrons. The lowest BCUT2D eigenvalue weighted by atomic mass is 10.3. The first-order valence-corrected chi connectivity index (χ1v) is 5.27. The summed E-state index contributed by atoms with van der Waals surface area (Å²) in [6.45, 7) is 0. The van der Waals surface area contributed by atoms with Gasteiger partial charge in [0.25, 0.3) is 6.01 Å². The Labute approximate surface area is 103 Å². The molecule has 0 unspecified atom stereocenters. The first-order valence-electron chi connectivity index (χ1n) is 4.48. The van der Waals surface area contributed by atoms with Crippen LogP contribution in [0.15, 0.2) is 33.4 Å². The van der Waals surface area contributed by atoms with E-state index in [0.717, 1.165) is 6.26 Å². The van der Waals surface area contributed by atoms with Crippen molar-refractivity contribution in [3.63, 3.8) is 0 Å². The van der Waals surface area contributed by atoms with E-state index in [1.807, 2.05) is 0 Å². The molecule has 0 saturated carbocycles. The molecule has 0 spiro atoms. The molecule has 0 saturated heterocycles. The first-order chi connectivity index (χ1) is 8.08. The molecule has 0 fully saturated rings. The highest BCUT2D eigenvalue weighted by atomic mass is 79.9. The number of carbonyl (C=O) groups is 1. The summed E-state index contributed by atoms with van der Waals surface area (Å²) in [4.78, 5) is 14.2. The maximum Gasteiger partial charge on any atom is 0.357 e. The molecule has 2 rings (SSSR count). The van der Waals surface area contributed by atoms with Crippen molar-refractivity contribution in [3.8, 4) is 0 Å². The van der Waals surface area contributed by atoms with Crippen LogP contribution in [0.3, 0.4) is 0 Å². The molecule has 0 amide bonds. The van der Waals surface area contributed by atoms with Crippen LogP contribution >= 0.6 is 15.9 Å². The molecule has 1 heterocycles. The first kappa shape index (κ1) is 11.6. The molecule has 1 aromatic carbocycles. The molecular weight excluding hydrogens is 295 g/mol. The summed E-state index contributed by atoms with van der Waals surface area (Å²) in [5, 5.41) is 11.2. The van der Waals surface area contributed by atoms with Crippen molar-refractivity contribution < 1.29 is 18.7 Å². The minimum absolute atomic E-state index is 0.0896. The summed E-state index contributed by atoms with van der Waals surface area (Å²) in [5.74, 6) is -1.72. The Hall–Kier alpha value is -1.89. The predicted molar refractivity (Wildman–Crippen MR) is 60.8 cm³/mol. The van der Waals surface area contributed by atoms with Gasteiger partial charge in [-0.3, -0.25) is 0 Å². The third-order valence-electron chi connectivity index (χ3n) is 1.92. The van der Waals surface area contributed by atoms with Gasteiger partial charge in [-0.1, -0.05) is 6.07 Å². The highest BCUT2D eigenvalue weighted by molar-refractivity contribution is 9.10. The van der Waals surface area contributed by atoms with Crippen LogP contribution in [0, 0.1) is 5.82 Å². The topological polar surface area (TPSA) is 75.4 Å². The van der Waals surface area contributed by atoms with E-state index in [1.54, 1.807) is 6.07 Å². The number of nitrogens with zero attached hydrogens (tertiary/aromatic N) is 1. The minimum atomic E-state index is -1.21. The van der Waals surface area contributed by atoms with Gasteiger partial charge in [-0.05, 0) is 28.1 Å². The number of rotatable bonds is 3. The van der Waals surface area contributed by atoms with Crippen molar-refractivity contribution in [1.29, 1.82) is 0 Å². The Morgan fingerprint density at radius 2 is 2.29 bits per heavy atom. The third kappa shape index (κ3) is 2.44. The molecule has 1 aromatic heterocycles. The highest BCUT2D eigenvalue weighted by Gasteiger charge is 2.13. The Balaban J connectivity index is 2.28. The van der Waals surface area contributed by atoms with E-state index in [0.29, 0.717) is 4.47 Å². The lowest BCUT2D eigenvalue weighted by Gasteiger charge is -2.05. The fraction of sp³-hybridized carbons (Fsp3) is 0. The standard InChI is InChI=1S/C10H6BrFN2O3/c11-5-2-1-3-6(12)8(5)14-10-13-7(4-17-10)9(15)16/h1-4H,(H,13,14)(H,15,16). The second-order valence-electron chi connectivity index (χ2n) is 3.06. The van der Waals surface area contributed by atoms with E-state index in [9.17, 15) is 9.18 Å². The number of aromatic carboxylic acids is 1. The summed E-state index contributed by atoms with van der Waals surface area (Å²) in [6.07, 6.45) is 0.972. The average Bonchev–Trinajstić information content (AvgIpc) is 2.72. The SMILES string of the molecule is O=C(O)c1coc(Nc2c(F)cccc2Br)n1. The average molecular weight is 301 g/mol. The van der Waals surface area contributed by atoms with Crippen molar-refractivity contribution in [1.82, 2.24) is 4.98 Å². The van der Waals surface area contributed by atoms with Crippen LogP contribution in [0.2, 0.25) is 0 Å². The van der Waals surface area contributed by atoms with Gasteiger partial charge in [0, 0.05) is 4.47 Å². The van der Waals surface area contributed by atoms with Crippen molar-refractivity contribution >= 4 is 33.6 Å². The Bertz CT molecular complexity index is 550. The molecule has 0 aliphatic heterocycles. The molecular formula is C10H6BrFN2O3. The monoisotopic (exact) mass is 300 g/mol. The third-order valence-corrected chi connectivity index (χ3v) is 2.58. The number of aromatic nitrogens is 1. The number of hydrogen-bond acceptors (Lipinski definition) is 4. The van der Waals surface area contributed by atoms with Crippen molar-refractivity contribution in [3.05, 3.63) is 40.4 Å². The maximum absolute atomic E-state index is 13.4. The second kappa shape index (κ2) is 4.54. The van der Waals surface area contributed by atoms with E-state index in [1.165, 1.54) is 12.1 Å². The maximum atomic E-state index is 13.4. The minimum Gasteiger partial charge on any atom is -0.476 e. The van der Waals surface area contributed by atoms with Crippen LogP contribution in [-0.4, -0.2) is 16.1 Å². The van der Waals surface area contributed by atoms with Gasteiger partial charge >= 0.3 is 5.97 Å². The van der Waals surface area contributed by atoms with Gasteiger partial charge in [0.2, 0.25) is 0 Å². The summed E-state index contributed by atoms with van der Waals surface area (Å²) in [6, 6.07) is 4.33. The van der Waals surface area contributed by atoms with Gasteiger partial charge < -0.3 is 14.8 Å². The van der Waals surface area contributed by atoms with E-state index in [-0.39, 0.29) is 17.4 Å². The zero-order valence-electron chi connectivity index (χ0n) is 8.28. The number of nitrogens with one attached hydrogen (secondary N) is 1. The zero-order valence-corrected chi connectivity index (χ0v) is 9.86. The van der Waals surface area contributed by atoms with Crippen LogP contribution in [0.25, 0.3) is 0 Å². The van der Waals surface area contributed by atoms with Crippen LogP contribution in [0.4, 0.5) is 16.1 Å². The number of anilines is 2. The van der Waals surface area contributed by atoms with Crippen molar-refractivity contribution in [2.75, 3.05) is 5.32 Å². The Morgan fingerprint density at radius 1 is 1.53 bits per heavy atom. The van der Waals surface area contributed by atoms with E-state index >= 15 is 0 Å². The lowest BCUT2D eigenvalue weighted by Crippen LogP contribution is -1.98. The Morgan fingerprint density at radius 3 is 2.88 bits per heavy atom. The smallest absolute Gasteiger partial charge is 0.357 e. The number of hydrogen-bond donors (Lipinski definition) is 2. The fourth-order valence-electron chi connectivity index (χ4n) is 1.15. The lowest BCUT2D eigenvalue weighted by molar-refractivity contribution is 0.0690. The van der Waals surface area contributed by atoms with Crippen LogP contribution in [-0.2, 0) is 0 Å². The number of oxazole rings is 1. The van der Waals surface area contributed by atoms with E-state index in [2.05, 4.69) is 26.2 Å². The van der Waals surface area contributed by atoms with Gasteiger partial charge in [0.1, 0.15) is 12.1 Å². The van der Waals surface area contributed by atoms with Crippen LogP contribution < -0.4 is 5.32 Å². The number of carboxylic acids is 1. The van der Waals surface area contributed by atoms with Gasteiger partial charge in [-0.25, -0.2) is 9.18 Å². The molecule has 0 atom stereocenters. The van der Waals surface area contributed by atoms with Crippen molar-refractivity contribution in [2.24, 2.45) is 0 Å². The number of halogens is 2. The molecule has 2 N–H and O–H groups in total. The molecule has 17 heavy (non-hydrogen) atoms. The molecule has 2 aromatic rings. The number of para-hydroxylation sites is 1. The van der Waals surface area contributed by atoms with Crippen LogP contribution in [0.5, 0.6) is 0 Å². The second-order valence-corrected chi connectivity index (χ2v) is 3.92. The van der Waals surface area contributed by atoms with Crippen molar-refractivity contribution in [2.45, 2.75) is 0 Å². The summed E-state index contributed by atoms with van der Waals surface area (Å²) in [5.41, 5.74) is -0.119. The fourth-order valence-corrected chi connectivity index (χ4v) is 1.59. The molecule has 7 heteroatoms.